The average molecular weight is 434 g/mol. The number of nitrogens with zero attached hydrogens (tertiary/aromatic N) is 5. The fourth-order valence-electron chi connectivity index (χ4n) is 4.08. The highest BCUT2D eigenvalue weighted by molar-refractivity contribution is 7.98. The van der Waals surface area contributed by atoms with E-state index in [4.69, 9.17) is 4.98 Å². The maximum atomic E-state index is 12.8. The van der Waals surface area contributed by atoms with Crippen molar-refractivity contribution >= 4 is 34.4 Å². The number of hydrogen-bond acceptors (Lipinski definition) is 7. The molecule has 1 aliphatic carbocycles. The van der Waals surface area contributed by atoms with E-state index in [0.29, 0.717) is 5.95 Å². The first-order chi connectivity index (χ1) is 15.2. The molecule has 0 atom stereocenters. The zero-order valence-electron chi connectivity index (χ0n) is 17.2. The minimum absolute atomic E-state index is 0.0240. The Morgan fingerprint density at radius 1 is 1.19 bits per heavy atom. The molecule has 0 bridgehead atoms. The van der Waals surface area contributed by atoms with Crippen LogP contribution in [-0.4, -0.2) is 29.9 Å². The van der Waals surface area contributed by atoms with Gasteiger partial charge in [0, 0.05) is 35.1 Å². The molecule has 1 fully saturated rings. The second kappa shape index (κ2) is 8.50. The molecule has 158 valence electrons. The predicted octanol–water partition coefficient (Wildman–Crippen LogP) is 4.37. The molecule has 5 rings (SSSR count). The third kappa shape index (κ3) is 4.18. The number of fused-ring (bicyclic) bond motifs is 1. The maximum Gasteiger partial charge on any atom is 0.252 e. The van der Waals surface area contributed by atoms with Gasteiger partial charge in [0.1, 0.15) is 10.7 Å². The van der Waals surface area contributed by atoms with Crippen LogP contribution in [0.3, 0.4) is 0 Å². The highest BCUT2D eigenvalue weighted by Gasteiger charge is 2.21. The Morgan fingerprint density at radius 3 is 2.74 bits per heavy atom. The van der Waals surface area contributed by atoms with Crippen molar-refractivity contribution in [1.29, 1.82) is 0 Å². The number of rotatable bonds is 6. The summed E-state index contributed by atoms with van der Waals surface area (Å²) in [6.07, 6.45) is 7.89. The zero-order valence-corrected chi connectivity index (χ0v) is 18.0. The second-order valence-corrected chi connectivity index (χ2v) is 8.85. The molecule has 3 aromatic heterocycles. The first kappa shape index (κ1) is 19.7. The van der Waals surface area contributed by atoms with Crippen LogP contribution in [-0.2, 0) is 5.75 Å². The summed E-state index contributed by atoms with van der Waals surface area (Å²) in [7, 11) is 0. The van der Waals surface area contributed by atoms with Gasteiger partial charge in [-0.2, -0.15) is 4.98 Å². The number of hydrogen-bond donors (Lipinski definition) is 2. The number of anilines is 2. The van der Waals surface area contributed by atoms with E-state index >= 15 is 0 Å². The number of aromatic amines is 1. The monoisotopic (exact) mass is 433 g/mol. The summed E-state index contributed by atoms with van der Waals surface area (Å²) in [5.74, 6) is 1.32. The summed E-state index contributed by atoms with van der Waals surface area (Å²) in [4.78, 5) is 22.0. The molecule has 0 radical (unpaired) electrons. The predicted molar refractivity (Wildman–Crippen MR) is 122 cm³/mol. The van der Waals surface area contributed by atoms with Crippen molar-refractivity contribution in [3.63, 3.8) is 0 Å². The van der Waals surface area contributed by atoms with E-state index in [1.54, 1.807) is 24.0 Å². The van der Waals surface area contributed by atoms with Crippen LogP contribution >= 0.6 is 11.8 Å². The molecule has 31 heavy (non-hydrogen) atoms. The van der Waals surface area contributed by atoms with E-state index in [-0.39, 0.29) is 11.6 Å². The molecule has 8 nitrogen and oxygen atoms in total. The van der Waals surface area contributed by atoms with Crippen LogP contribution in [0.1, 0.15) is 42.9 Å². The van der Waals surface area contributed by atoms with Gasteiger partial charge in [0.15, 0.2) is 0 Å². The van der Waals surface area contributed by atoms with E-state index in [0.717, 1.165) is 58.7 Å². The molecule has 0 spiro atoms. The lowest BCUT2D eigenvalue weighted by atomic mass is 10.1. The van der Waals surface area contributed by atoms with Crippen LogP contribution in [0.2, 0.25) is 0 Å². The smallest absolute Gasteiger partial charge is 0.252 e. The Labute approximate surface area is 183 Å². The minimum atomic E-state index is 0.0240. The van der Waals surface area contributed by atoms with Gasteiger partial charge < -0.3 is 5.32 Å². The number of benzene rings is 1. The molecule has 1 aromatic carbocycles. The summed E-state index contributed by atoms with van der Waals surface area (Å²) < 4.78 is 1.87. The van der Waals surface area contributed by atoms with Crippen LogP contribution in [0.25, 0.3) is 11.0 Å². The molecule has 1 saturated carbocycles. The van der Waals surface area contributed by atoms with E-state index in [1.807, 2.05) is 29.8 Å². The van der Waals surface area contributed by atoms with Gasteiger partial charge in [-0.05, 0) is 43.0 Å². The molecule has 0 aliphatic heterocycles. The van der Waals surface area contributed by atoms with Crippen LogP contribution in [0.15, 0.2) is 52.5 Å². The van der Waals surface area contributed by atoms with E-state index < -0.39 is 0 Å². The van der Waals surface area contributed by atoms with Gasteiger partial charge in [-0.1, -0.05) is 30.2 Å². The SMILES string of the molecule is Cc1cc(=O)n(C2CCCC2)c2nc(Nc3ccc(CSc4cnn[nH]4)cc3)ncc12. The molecular formula is C22H23N7OS. The van der Waals surface area contributed by atoms with Crippen molar-refractivity contribution in [2.24, 2.45) is 0 Å². The Morgan fingerprint density at radius 2 is 2.00 bits per heavy atom. The third-order valence-electron chi connectivity index (χ3n) is 5.69. The number of aromatic nitrogens is 6. The van der Waals surface area contributed by atoms with Gasteiger partial charge in [0.05, 0.1) is 6.20 Å². The Hall–Kier alpha value is -3.20. The summed E-state index contributed by atoms with van der Waals surface area (Å²) >= 11 is 1.65. The first-order valence-electron chi connectivity index (χ1n) is 10.4. The van der Waals surface area contributed by atoms with Crippen molar-refractivity contribution in [2.45, 2.75) is 49.4 Å². The lowest BCUT2D eigenvalue weighted by Crippen LogP contribution is -2.24. The van der Waals surface area contributed by atoms with E-state index in [2.05, 4.69) is 37.8 Å². The van der Waals surface area contributed by atoms with Gasteiger partial charge in [-0.3, -0.25) is 14.5 Å². The average Bonchev–Trinajstić information content (AvgIpc) is 3.48. The standard InChI is InChI=1S/C22H23N7OS/c1-14-10-20(30)29(17-4-2-3-5-17)21-18(14)11-23-22(26-21)25-16-8-6-15(7-9-16)13-31-19-12-24-28-27-19/h6-12,17H,2-5,13H2,1H3,(H,23,25,26)(H,24,27,28). The van der Waals surface area contributed by atoms with Crippen molar-refractivity contribution in [1.82, 2.24) is 29.9 Å². The second-order valence-electron chi connectivity index (χ2n) is 7.84. The van der Waals surface area contributed by atoms with Gasteiger partial charge in [-0.25, -0.2) is 4.98 Å². The van der Waals surface area contributed by atoms with Gasteiger partial charge in [0.25, 0.3) is 5.56 Å². The van der Waals surface area contributed by atoms with Crippen LogP contribution < -0.4 is 10.9 Å². The fraction of sp³-hybridized carbons (Fsp3) is 0.318. The molecule has 0 saturated heterocycles. The fourth-order valence-corrected chi connectivity index (χ4v) is 4.82. The van der Waals surface area contributed by atoms with Crippen LogP contribution in [0.5, 0.6) is 0 Å². The molecule has 4 aromatic rings. The molecule has 2 N–H and O–H groups in total. The normalized spacial score (nSPS) is 14.4. The summed E-state index contributed by atoms with van der Waals surface area (Å²) in [6.45, 7) is 1.94. The Balaban J connectivity index is 1.39. The molecule has 0 amide bonds. The topological polar surface area (TPSA) is 101 Å². The summed E-state index contributed by atoms with van der Waals surface area (Å²) in [5.41, 5.74) is 3.75. The minimum Gasteiger partial charge on any atom is -0.324 e. The molecule has 0 unspecified atom stereocenters. The maximum absolute atomic E-state index is 12.8. The number of nitrogens with one attached hydrogen (secondary N) is 2. The molecular weight excluding hydrogens is 410 g/mol. The Kier molecular flexibility index (Phi) is 5.42. The van der Waals surface area contributed by atoms with Crippen molar-refractivity contribution in [3.05, 3.63) is 64.2 Å². The van der Waals surface area contributed by atoms with Crippen molar-refractivity contribution in [2.75, 3.05) is 5.32 Å². The van der Waals surface area contributed by atoms with Gasteiger partial charge in [0.2, 0.25) is 5.95 Å². The third-order valence-corrected chi connectivity index (χ3v) is 6.67. The van der Waals surface area contributed by atoms with Gasteiger partial charge in [-0.15, -0.1) is 16.9 Å². The van der Waals surface area contributed by atoms with Crippen LogP contribution in [0.4, 0.5) is 11.6 Å². The number of aryl methyl sites for hydroxylation is 1. The zero-order chi connectivity index (χ0) is 21.2. The number of pyridine rings is 1. The first-order valence-corrected chi connectivity index (χ1v) is 11.4. The van der Waals surface area contributed by atoms with Crippen molar-refractivity contribution in [3.8, 4) is 0 Å². The number of H-pyrrole nitrogens is 1. The number of thioether (sulfide) groups is 1. The van der Waals surface area contributed by atoms with E-state index in [1.165, 1.54) is 5.56 Å². The quantitative estimate of drug-likeness (QED) is 0.435. The molecule has 1 aliphatic rings. The lowest BCUT2D eigenvalue weighted by Gasteiger charge is -2.17. The highest BCUT2D eigenvalue weighted by atomic mass is 32.2. The molecule has 9 heteroatoms. The molecule has 3 heterocycles. The largest absolute Gasteiger partial charge is 0.324 e. The summed E-state index contributed by atoms with van der Waals surface area (Å²) in [5, 5.41) is 15.5. The lowest BCUT2D eigenvalue weighted by molar-refractivity contribution is 0.515. The Bertz CT molecular complexity index is 1250. The van der Waals surface area contributed by atoms with Gasteiger partial charge >= 0.3 is 0 Å². The highest BCUT2D eigenvalue weighted by Crippen LogP contribution is 2.31. The van der Waals surface area contributed by atoms with Crippen LogP contribution in [0, 0.1) is 6.92 Å². The summed E-state index contributed by atoms with van der Waals surface area (Å²) in [6, 6.07) is 10.1. The van der Waals surface area contributed by atoms with E-state index in [9.17, 15) is 4.79 Å². The van der Waals surface area contributed by atoms with Crippen molar-refractivity contribution < 1.29 is 0 Å².